The van der Waals surface area contributed by atoms with E-state index in [2.05, 4.69) is 35.8 Å². The van der Waals surface area contributed by atoms with Crippen molar-refractivity contribution in [2.45, 2.75) is 10.6 Å². The lowest BCUT2D eigenvalue weighted by Crippen LogP contribution is -2.20. The number of hydrogen-bond acceptors (Lipinski definition) is 9. The van der Waals surface area contributed by atoms with Gasteiger partial charge in [0.25, 0.3) is 5.91 Å². The van der Waals surface area contributed by atoms with Gasteiger partial charge in [-0.1, -0.05) is 53.7 Å². The first-order valence-electron chi connectivity index (χ1n) is 8.81. The monoisotopic (exact) mass is 420 g/mol. The van der Waals surface area contributed by atoms with E-state index in [1.54, 1.807) is 6.21 Å². The summed E-state index contributed by atoms with van der Waals surface area (Å²) >= 11 is 1.51. The van der Waals surface area contributed by atoms with Gasteiger partial charge in [0.05, 0.1) is 11.9 Å². The zero-order chi connectivity index (χ0) is 20.8. The highest BCUT2D eigenvalue weighted by molar-refractivity contribution is 7.98. The minimum atomic E-state index is -0.507. The van der Waals surface area contributed by atoms with Gasteiger partial charge in [-0.15, -0.1) is 16.9 Å². The molecule has 2 aromatic carbocycles. The zero-order valence-electron chi connectivity index (χ0n) is 15.5. The Labute approximate surface area is 175 Å². The summed E-state index contributed by atoms with van der Waals surface area (Å²) in [5.74, 6) is 0.0825. The Balaban J connectivity index is 1.58. The second kappa shape index (κ2) is 9.01. The number of carbonyl (C=O) groups is 1. The highest BCUT2D eigenvalue weighted by Crippen LogP contribution is 2.25. The molecule has 30 heavy (non-hydrogen) atoms. The fourth-order valence-corrected chi connectivity index (χ4v) is 3.45. The predicted molar refractivity (Wildman–Crippen MR) is 111 cm³/mol. The number of aromatic nitrogens is 5. The van der Waals surface area contributed by atoms with E-state index in [4.69, 9.17) is 5.73 Å². The van der Waals surface area contributed by atoms with Crippen molar-refractivity contribution >= 4 is 29.7 Å². The van der Waals surface area contributed by atoms with Crippen molar-refractivity contribution in [1.82, 2.24) is 30.7 Å². The standard InChI is InChI=1S/C19H16N8O2S/c20-17-18(25-29-24-17)27-15(12-30-14-9-5-2-6-10-14)16(22-26-27)19(28)23-21-11-13-7-3-1-4-8-13/h1-11H,12H2,(H2,20,24)(H,23,28)/b21-11-. The molecule has 2 heterocycles. The number of benzene rings is 2. The molecule has 0 aliphatic rings. The van der Waals surface area contributed by atoms with Crippen LogP contribution in [0.1, 0.15) is 21.7 Å². The van der Waals surface area contributed by atoms with Crippen LogP contribution in [0.15, 0.2) is 75.3 Å². The molecule has 150 valence electrons. The lowest BCUT2D eigenvalue weighted by atomic mass is 10.2. The minimum absolute atomic E-state index is 0.0416. The third kappa shape index (κ3) is 4.36. The summed E-state index contributed by atoms with van der Waals surface area (Å²) < 4.78 is 6.00. The number of nitrogen functional groups attached to an aromatic ring is 1. The van der Waals surface area contributed by atoms with Crippen LogP contribution in [-0.2, 0) is 5.75 Å². The summed E-state index contributed by atoms with van der Waals surface area (Å²) in [6, 6.07) is 19.1. The molecular weight excluding hydrogens is 404 g/mol. The number of thioether (sulfide) groups is 1. The molecule has 10 nitrogen and oxygen atoms in total. The number of hydrazone groups is 1. The van der Waals surface area contributed by atoms with Gasteiger partial charge in [0, 0.05) is 10.6 Å². The van der Waals surface area contributed by atoms with Gasteiger partial charge in [0.1, 0.15) is 0 Å². The smallest absolute Gasteiger partial charge is 0.293 e. The Hall–Kier alpha value is -3.99. The van der Waals surface area contributed by atoms with Crippen molar-refractivity contribution in [3.8, 4) is 5.82 Å². The lowest BCUT2D eigenvalue weighted by Gasteiger charge is -2.05. The molecule has 0 saturated carbocycles. The van der Waals surface area contributed by atoms with Crippen LogP contribution in [0.25, 0.3) is 5.82 Å². The van der Waals surface area contributed by atoms with Gasteiger partial charge in [0.2, 0.25) is 11.6 Å². The molecule has 11 heteroatoms. The number of carbonyl (C=O) groups excluding carboxylic acids is 1. The van der Waals surface area contributed by atoms with Gasteiger partial charge in [-0.05, 0) is 28.0 Å². The number of hydrogen-bond donors (Lipinski definition) is 2. The first kappa shape index (κ1) is 19.3. The summed E-state index contributed by atoms with van der Waals surface area (Å²) in [5.41, 5.74) is 9.70. The molecule has 1 amide bonds. The highest BCUT2D eigenvalue weighted by atomic mass is 32.2. The molecule has 0 radical (unpaired) electrons. The van der Waals surface area contributed by atoms with Crippen molar-refractivity contribution in [2.75, 3.05) is 5.73 Å². The van der Waals surface area contributed by atoms with Gasteiger partial charge in [-0.25, -0.2) is 10.1 Å². The molecule has 4 aromatic rings. The van der Waals surface area contributed by atoms with E-state index in [0.29, 0.717) is 11.4 Å². The summed E-state index contributed by atoms with van der Waals surface area (Å²) in [4.78, 5) is 13.7. The Morgan fingerprint density at radius 1 is 1.13 bits per heavy atom. The molecule has 3 N–H and O–H groups in total. The van der Waals surface area contributed by atoms with Crippen molar-refractivity contribution in [3.05, 3.63) is 77.6 Å². The quantitative estimate of drug-likeness (QED) is 0.264. The van der Waals surface area contributed by atoms with E-state index in [-0.39, 0.29) is 17.3 Å². The maximum atomic E-state index is 12.7. The summed E-state index contributed by atoms with van der Waals surface area (Å²) in [7, 11) is 0. The number of anilines is 1. The number of nitrogens with one attached hydrogen (secondary N) is 1. The number of rotatable bonds is 7. The Bertz CT molecular complexity index is 1160. The Kier molecular flexibility index (Phi) is 5.80. The van der Waals surface area contributed by atoms with Crippen LogP contribution >= 0.6 is 11.8 Å². The molecule has 0 fully saturated rings. The third-order valence-electron chi connectivity index (χ3n) is 3.97. The fraction of sp³-hybridized carbons (Fsp3) is 0.0526. The molecule has 0 aliphatic heterocycles. The molecule has 0 unspecified atom stereocenters. The molecule has 0 spiro atoms. The molecule has 4 rings (SSSR count). The summed E-state index contributed by atoms with van der Waals surface area (Å²) in [5, 5.41) is 19.3. The van der Waals surface area contributed by atoms with Gasteiger partial charge >= 0.3 is 0 Å². The molecule has 0 bridgehead atoms. The van der Waals surface area contributed by atoms with Crippen LogP contribution in [0.2, 0.25) is 0 Å². The lowest BCUT2D eigenvalue weighted by molar-refractivity contribution is 0.0949. The summed E-state index contributed by atoms with van der Waals surface area (Å²) in [6.07, 6.45) is 1.54. The van der Waals surface area contributed by atoms with Crippen LogP contribution in [0, 0.1) is 0 Å². The minimum Gasteiger partial charge on any atom is -0.378 e. The largest absolute Gasteiger partial charge is 0.378 e. The molecule has 0 atom stereocenters. The Morgan fingerprint density at radius 3 is 2.57 bits per heavy atom. The average molecular weight is 420 g/mol. The normalized spacial score (nSPS) is 11.1. The van der Waals surface area contributed by atoms with E-state index in [0.717, 1.165) is 10.5 Å². The zero-order valence-corrected chi connectivity index (χ0v) is 16.4. The van der Waals surface area contributed by atoms with E-state index >= 15 is 0 Å². The second-order valence-corrected chi connectivity index (χ2v) is 7.03. The van der Waals surface area contributed by atoms with E-state index in [1.807, 2.05) is 60.7 Å². The number of amides is 1. The van der Waals surface area contributed by atoms with Crippen LogP contribution in [0.5, 0.6) is 0 Å². The van der Waals surface area contributed by atoms with E-state index in [1.165, 1.54) is 16.4 Å². The second-order valence-electron chi connectivity index (χ2n) is 5.98. The Morgan fingerprint density at radius 2 is 1.87 bits per heavy atom. The maximum absolute atomic E-state index is 12.7. The van der Waals surface area contributed by atoms with Crippen molar-refractivity contribution in [1.29, 1.82) is 0 Å². The molecule has 0 saturated heterocycles. The highest BCUT2D eigenvalue weighted by Gasteiger charge is 2.23. The van der Waals surface area contributed by atoms with E-state index in [9.17, 15) is 4.79 Å². The van der Waals surface area contributed by atoms with Gasteiger partial charge in [0.15, 0.2) is 5.69 Å². The van der Waals surface area contributed by atoms with Crippen molar-refractivity contribution < 1.29 is 9.42 Å². The van der Waals surface area contributed by atoms with Crippen LogP contribution < -0.4 is 11.2 Å². The van der Waals surface area contributed by atoms with E-state index < -0.39 is 5.91 Å². The third-order valence-corrected chi connectivity index (χ3v) is 5.00. The average Bonchev–Trinajstić information content (AvgIpc) is 3.39. The summed E-state index contributed by atoms with van der Waals surface area (Å²) in [6.45, 7) is 0. The van der Waals surface area contributed by atoms with Gasteiger partial charge in [-0.3, -0.25) is 4.79 Å². The first-order chi connectivity index (χ1) is 14.7. The topological polar surface area (TPSA) is 137 Å². The van der Waals surface area contributed by atoms with Gasteiger partial charge in [-0.2, -0.15) is 9.78 Å². The first-order valence-corrected chi connectivity index (χ1v) is 9.80. The van der Waals surface area contributed by atoms with Crippen LogP contribution in [-0.4, -0.2) is 37.4 Å². The van der Waals surface area contributed by atoms with Crippen molar-refractivity contribution in [2.24, 2.45) is 5.10 Å². The number of nitrogens with zero attached hydrogens (tertiary/aromatic N) is 6. The molecular formula is C19H16N8O2S. The van der Waals surface area contributed by atoms with Crippen LogP contribution in [0.3, 0.4) is 0 Å². The van der Waals surface area contributed by atoms with Crippen LogP contribution in [0.4, 0.5) is 5.82 Å². The fourth-order valence-electron chi connectivity index (χ4n) is 2.54. The SMILES string of the molecule is Nc1nonc1-n1nnc(C(=O)N/N=C\c2ccccc2)c1CSc1ccccc1. The molecule has 0 aliphatic carbocycles. The number of nitrogens with two attached hydrogens (primary N) is 1. The molecule has 2 aromatic heterocycles. The van der Waals surface area contributed by atoms with Crippen molar-refractivity contribution in [3.63, 3.8) is 0 Å². The predicted octanol–water partition coefficient (Wildman–Crippen LogP) is 2.29. The maximum Gasteiger partial charge on any atom is 0.293 e. The van der Waals surface area contributed by atoms with Gasteiger partial charge < -0.3 is 5.73 Å².